The van der Waals surface area contributed by atoms with Crippen molar-refractivity contribution < 1.29 is 19.4 Å². The summed E-state index contributed by atoms with van der Waals surface area (Å²) in [5.41, 5.74) is 0. The van der Waals surface area contributed by atoms with Crippen LogP contribution in [0.1, 0.15) is 20.3 Å². The standard InChI is InChI=1S/C10H19NO4S/c1-3-15-5-7-16-6-4-9(10(13)14)11-8(2)12/h9H,3-7H2,1-2H3,(H,11,12)(H,13,14). The summed E-state index contributed by atoms with van der Waals surface area (Å²) in [5.74, 6) is 0.247. The van der Waals surface area contributed by atoms with Crippen molar-refractivity contribution in [1.29, 1.82) is 0 Å². The van der Waals surface area contributed by atoms with Crippen molar-refractivity contribution in [1.82, 2.24) is 5.32 Å². The number of carboxylic acid groups (broad SMARTS) is 1. The number of thioether (sulfide) groups is 1. The van der Waals surface area contributed by atoms with Crippen LogP contribution in [-0.4, -0.2) is 47.7 Å². The molecule has 1 unspecified atom stereocenters. The van der Waals surface area contributed by atoms with Gasteiger partial charge in [-0.05, 0) is 19.1 Å². The van der Waals surface area contributed by atoms with Gasteiger partial charge in [-0.1, -0.05) is 0 Å². The number of aliphatic carboxylic acids is 1. The van der Waals surface area contributed by atoms with Gasteiger partial charge >= 0.3 is 5.97 Å². The molecule has 0 bridgehead atoms. The molecule has 0 aromatic heterocycles. The normalized spacial score (nSPS) is 12.1. The molecule has 0 spiro atoms. The van der Waals surface area contributed by atoms with Gasteiger partial charge < -0.3 is 15.2 Å². The molecule has 0 heterocycles. The Kier molecular flexibility index (Phi) is 9.03. The zero-order chi connectivity index (χ0) is 12.4. The first-order valence-electron chi connectivity index (χ1n) is 5.23. The Morgan fingerprint density at radius 2 is 2.12 bits per heavy atom. The molecule has 94 valence electrons. The third-order valence-electron chi connectivity index (χ3n) is 1.80. The van der Waals surface area contributed by atoms with Crippen LogP contribution in [0.25, 0.3) is 0 Å². The summed E-state index contributed by atoms with van der Waals surface area (Å²) in [6.07, 6.45) is 0.436. The van der Waals surface area contributed by atoms with E-state index >= 15 is 0 Å². The average molecular weight is 249 g/mol. The van der Waals surface area contributed by atoms with E-state index in [2.05, 4.69) is 5.32 Å². The molecular weight excluding hydrogens is 230 g/mol. The minimum absolute atomic E-state index is 0.313. The number of hydrogen-bond donors (Lipinski definition) is 2. The molecule has 16 heavy (non-hydrogen) atoms. The monoisotopic (exact) mass is 249 g/mol. The van der Waals surface area contributed by atoms with Crippen LogP contribution in [0.4, 0.5) is 0 Å². The highest BCUT2D eigenvalue weighted by atomic mass is 32.2. The van der Waals surface area contributed by atoms with Crippen LogP contribution < -0.4 is 5.32 Å². The molecule has 0 aliphatic rings. The Bertz CT molecular complexity index is 223. The highest BCUT2D eigenvalue weighted by Gasteiger charge is 2.17. The van der Waals surface area contributed by atoms with E-state index in [0.717, 1.165) is 5.75 Å². The molecule has 5 nitrogen and oxygen atoms in total. The quantitative estimate of drug-likeness (QED) is 0.589. The van der Waals surface area contributed by atoms with Crippen LogP contribution in [0, 0.1) is 0 Å². The molecule has 6 heteroatoms. The Morgan fingerprint density at radius 3 is 2.62 bits per heavy atom. The zero-order valence-electron chi connectivity index (χ0n) is 9.69. The van der Waals surface area contributed by atoms with Crippen molar-refractivity contribution in [2.45, 2.75) is 26.3 Å². The summed E-state index contributed by atoms with van der Waals surface area (Å²) in [4.78, 5) is 21.5. The van der Waals surface area contributed by atoms with Gasteiger partial charge in [0, 0.05) is 19.3 Å². The maximum atomic E-state index is 10.8. The fraction of sp³-hybridized carbons (Fsp3) is 0.800. The van der Waals surface area contributed by atoms with Crippen molar-refractivity contribution in [2.75, 3.05) is 24.7 Å². The van der Waals surface area contributed by atoms with Gasteiger partial charge in [0.25, 0.3) is 0 Å². The number of amides is 1. The first kappa shape index (κ1) is 15.2. The summed E-state index contributed by atoms with van der Waals surface area (Å²) in [5, 5.41) is 11.2. The van der Waals surface area contributed by atoms with Crippen LogP contribution in [0.3, 0.4) is 0 Å². The van der Waals surface area contributed by atoms with Crippen molar-refractivity contribution >= 4 is 23.6 Å². The highest BCUT2D eigenvalue weighted by Crippen LogP contribution is 2.05. The van der Waals surface area contributed by atoms with E-state index in [1.165, 1.54) is 6.92 Å². The van der Waals surface area contributed by atoms with E-state index in [-0.39, 0.29) is 5.91 Å². The summed E-state index contributed by atoms with van der Waals surface area (Å²) in [6.45, 7) is 4.63. The number of hydrogen-bond acceptors (Lipinski definition) is 4. The van der Waals surface area contributed by atoms with Crippen LogP contribution in [0.2, 0.25) is 0 Å². The molecule has 0 aliphatic heterocycles. The predicted molar refractivity (Wildman–Crippen MR) is 63.7 cm³/mol. The third kappa shape index (κ3) is 8.55. The van der Waals surface area contributed by atoms with E-state index < -0.39 is 12.0 Å². The average Bonchev–Trinajstić information content (AvgIpc) is 2.20. The lowest BCUT2D eigenvalue weighted by Crippen LogP contribution is -2.39. The number of rotatable bonds is 9. The Morgan fingerprint density at radius 1 is 1.44 bits per heavy atom. The van der Waals surface area contributed by atoms with Gasteiger partial charge in [-0.2, -0.15) is 11.8 Å². The fourth-order valence-electron chi connectivity index (χ4n) is 1.07. The number of ether oxygens (including phenoxy) is 1. The molecule has 0 rings (SSSR count). The summed E-state index contributed by atoms with van der Waals surface area (Å²) >= 11 is 1.63. The first-order valence-corrected chi connectivity index (χ1v) is 6.38. The van der Waals surface area contributed by atoms with E-state index in [4.69, 9.17) is 9.84 Å². The maximum Gasteiger partial charge on any atom is 0.326 e. The summed E-state index contributed by atoms with van der Waals surface area (Å²) < 4.78 is 5.15. The van der Waals surface area contributed by atoms with Crippen molar-refractivity contribution in [3.63, 3.8) is 0 Å². The summed E-state index contributed by atoms with van der Waals surface area (Å²) in [6, 6.07) is -0.780. The lowest BCUT2D eigenvalue weighted by molar-refractivity contribution is -0.141. The molecule has 0 fully saturated rings. The molecule has 1 amide bonds. The largest absolute Gasteiger partial charge is 0.480 e. The minimum Gasteiger partial charge on any atom is -0.480 e. The maximum absolute atomic E-state index is 10.8. The smallest absolute Gasteiger partial charge is 0.326 e. The van der Waals surface area contributed by atoms with Crippen LogP contribution >= 0.6 is 11.8 Å². The number of carboxylic acids is 1. The Balaban J connectivity index is 3.60. The van der Waals surface area contributed by atoms with Gasteiger partial charge in [0.15, 0.2) is 0 Å². The van der Waals surface area contributed by atoms with Gasteiger partial charge in [-0.15, -0.1) is 0 Å². The first-order chi connectivity index (χ1) is 7.57. The van der Waals surface area contributed by atoms with Crippen LogP contribution in [-0.2, 0) is 14.3 Å². The second-order valence-electron chi connectivity index (χ2n) is 3.19. The molecule has 2 N–H and O–H groups in total. The molecule has 0 saturated carbocycles. The molecule has 0 aromatic rings. The number of carbonyl (C=O) groups is 2. The third-order valence-corrected chi connectivity index (χ3v) is 2.78. The SMILES string of the molecule is CCOCCSCCC(NC(C)=O)C(=O)O. The second kappa shape index (κ2) is 9.47. The second-order valence-corrected chi connectivity index (χ2v) is 4.41. The summed E-state index contributed by atoms with van der Waals surface area (Å²) in [7, 11) is 0. The lowest BCUT2D eigenvalue weighted by atomic mass is 10.2. The van der Waals surface area contributed by atoms with Gasteiger partial charge in [0.1, 0.15) is 6.04 Å². The van der Waals surface area contributed by atoms with Crippen molar-refractivity contribution in [2.24, 2.45) is 0 Å². The molecule has 0 saturated heterocycles. The van der Waals surface area contributed by atoms with Crippen LogP contribution in [0.15, 0.2) is 0 Å². The Labute approximate surface area is 99.9 Å². The van der Waals surface area contributed by atoms with Gasteiger partial charge in [0.05, 0.1) is 6.61 Å². The number of nitrogens with one attached hydrogen (secondary N) is 1. The van der Waals surface area contributed by atoms with E-state index in [0.29, 0.717) is 25.4 Å². The topological polar surface area (TPSA) is 75.6 Å². The predicted octanol–water partition coefficient (Wildman–Crippen LogP) is 0.736. The van der Waals surface area contributed by atoms with Crippen LogP contribution in [0.5, 0.6) is 0 Å². The molecule has 0 aromatic carbocycles. The Hall–Kier alpha value is -0.750. The highest BCUT2D eigenvalue weighted by molar-refractivity contribution is 7.99. The van der Waals surface area contributed by atoms with E-state index in [9.17, 15) is 9.59 Å². The lowest BCUT2D eigenvalue weighted by Gasteiger charge is -2.12. The molecule has 1 atom stereocenters. The fourth-order valence-corrected chi connectivity index (χ4v) is 1.91. The minimum atomic E-state index is -0.986. The van der Waals surface area contributed by atoms with Gasteiger partial charge in [0.2, 0.25) is 5.91 Å². The van der Waals surface area contributed by atoms with Crippen molar-refractivity contribution in [3.8, 4) is 0 Å². The molecule has 0 aliphatic carbocycles. The number of carbonyl (C=O) groups excluding carboxylic acids is 1. The van der Waals surface area contributed by atoms with E-state index in [1.807, 2.05) is 6.92 Å². The van der Waals surface area contributed by atoms with Gasteiger partial charge in [-0.3, -0.25) is 4.79 Å². The zero-order valence-corrected chi connectivity index (χ0v) is 10.5. The van der Waals surface area contributed by atoms with Gasteiger partial charge in [-0.25, -0.2) is 4.79 Å². The molecular formula is C10H19NO4S. The molecule has 0 radical (unpaired) electrons. The van der Waals surface area contributed by atoms with E-state index in [1.54, 1.807) is 11.8 Å². The van der Waals surface area contributed by atoms with Crippen molar-refractivity contribution in [3.05, 3.63) is 0 Å².